The Bertz CT molecular complexity index is 1470. The Morgan fingerprint density at radius 1 is 0.912 bits per heavy atom. The lowest BCUT2D eigenvalue weighted by atomic mass is 10.0. The monoisotopic (exact) mass is 458 g/mol. The average Bonchev–Trinajstić information content (AvgIpc) is 3.31. The highest BCUT2D eigenvalue weighted by molar-refractivity contribution is 5.95. The maximum Gasteiger partial charge on any atom is 0.294 e. The molecule has 7 nitrogen and oxygen atoms in total. The molecule has 0 spiro atoms. The van der Waals surface area contributed by atoms with Crippen LogP contribution in [0.15, 0.2) is 58.5 Å². The minimum absolute atomic E-state index is 0.111. The number of nitrogens with zero attached hydrogens (tertiary/aromatic N) is 3. The van der Waals surface area contributed by atoms with Crippen LogP contribution in [0.1, 0.15) is 30.0 Å². The number of fused-ring (bicyclic) bond motifs is 1. The maximum absolute atomic E-state index is 13.9. The third kappa shape index (κ3) is 3.76. The van der Waals surface area contributed by atoms with Crippen LogP contribution in [0.25, 0.3) is 22.0 Å². The largest absolute Gasteiger partial charge is 0.450 e. The highest BCUT2D eigenvalue weighted by Gasteiger charge is 2.24. The number of hydrogen-bond donors (Lipinski definition) is 1. The number of aromatic amines is 1. The topological polar surface area (TPSA) is 72.3 Å². The van der Waals surface area contributed by atoms with E-state index < -0.39 is 0 Å². The molecule has 4 heterocycles. The van der Waals surface area contributed by atoms with Crippen molar-refractivity contribution in [1.29, 1.82) is 0 Å². The zero-order valence-corrected chi connectivity index (χ0v) is 20.1. The molecule has 0 atom stereocenters. The molecule has 1 N–H and O–H groups in total. The van der Waals surface area contributed by atoms with Gasteiger partial charge in [-0.15, -0.1) is 0 Å². The molecule has 1 fully saturated rings. The molecular weight excluding hydrogens is 428 g/mol. The smallest absolute Gasteiger partial charge is 0.294 e. The highest BCUT2D eigenvalue weighted by Crippen LogP contribution is 2.36. The van der Waals surface area contributed by atoms with E-state index in [1.165, 1.54) is 0 Å². The molecule has 0 bridgehead atoms. The summed E-state index contributed by atoms with van der Waals surface area (Å²) in [7, 11) is 3.83. The van der Waals surface area contributed by atoms with Gasteiger partial charge in [0.1, 0.15) is 11.3 Å². The van der Waals surface area contributed by atoms with Gasteiger partial charge in [0.05, 0.1) is 0 Å². The van der Waals surface area contributed by atoms with Gasteiger partial charge in [-0.3, -0.25) is 9.59 Å². The second kappa shape index (κ2) is 8.65. The van der Waals surface area contributed by atoms with Crippen LogP contribution < -0.4 is 15.9 Å². The fraction of sp³-hybridized carbons (Fsp3) is 0.333. The predicted molar refractivity (Wildman–Crippen MR) is 135 cm³/mol. The first kappa shape index (κ1) is 22.2. The number of nitrogens with one attached hydrogen (secondary N) is 1. The number of pyridine rings is 2. The van der Waals surface area contributed by atoms with Crippen molar-refractivity contribution in [1.82, 2.24) is 19.0 Å². The van der Waals surface area contributed by atoms with Crippen LogP contribution in [0, 0.1) is 13.8 Å². The van der Waals surface area contributed by atoms with E-state index in [1.807, 2.05) is 54.9 Å². The number of H-pyrrole nitrogens is 1. The van der Waals surface area contributed by atoms with Crippen molar-refractivity contribution in [3.05, 3.63) is 80.8 Å². The van der Waals surface area contributed by atoms with Crippen molar-refractivity contribution in [2.24, 2.45) is 7.05 Å². The van der Waals surface area contributed by atoms with Crippen molar-refractivity contribution in [3.63, 3.8) is 0 Å². The summed E-state index contributed by atoms with van der Waals surface area (Å²) in [5, 5.41) is 0.769. The number of ether oxygens (including phenoxy) is 1. The Labute approximate surface area is 198 Å². The minimum atomic E-state index is -0.146. The number of benzene rings is 1. The van der Waals surface area contributed by atoms with E-state index >= 15 is 0 Å². The summed E-state index contributed by atoms with van der Waals surface area (Å²) in [6.45, 7) is 5.88. The molecule has 1 saturated heterocycles. The fourth-order valence-electron chi connectivity index (χ4n) is 4.95. The van der Waals surface area contributed by atoms with Gasteiger partial charge >= 0.3 is 0 Å². The molecule has 5 rings (SSSR count). The lowest BCUT2D eigenvalue weighted by Gasteiger charge is -2.30. The van der Waals surface area contributed by atoms with Gasteiger partial charge in [-0.1, -0.05) is 18.2 Å². The number of hydrogen-bond acceptors (Lipinski definition) is 4. The van der Waals surface area contributed by atoms with Crippen LogP contribution in [0.4, 0.5) is 0 Å². The van der Waals surface area contributed by atoms with Crippen molar-refractivity contribution in [3.8, 4) is 22.6 Å². The zero-order chi connectivity index (χ0) is 24.0. The van der Waals surface area contributed by atoms with Crippen LogP contribution >= 0.6 is 0 Å². The lowest BCUT2D eigenvalue weighted by Crippen LogP contribution is -2.35. The second-order valence-electron chi connectivity index (χ2n) is 9.35. The number of rotatable bonds is 4. The third-order valence-corrected chi connectivity index (χ3v) is 6.95. The molecule has 4 aromatic rings. The molecule has 176 valence electrons. The SMILES string of the molecule is Cc1cccc(C)c1Oc1c(-c2cn(C)c(=O)c3[nH]ccc23)ccn(C2CCN(C)CC2)c1=O. The summed E-state index contributed by atoms with van der Waals surface area (Å²) in [6, 6.07) is 9.90. The van der Waals surface area contributed by atoms with Crippen LogP contribution in [0.5, 0.6) is 11.5 Å². The molecule has 0 aliphatic carbocycles. The summed E-state index contributed by atoms with van der Waals surface area (Å²) >= 11 is 0. The number of aryl methyl sites for hydroxylation is 3. The number of likely N-dealkylation sites (tertiary alicyclic amines) is 1. The van der Waals surface area contributed by atoms with E-state index in [0.29, 0.717) is 22.6 Å². The molecule has 0 saturated carbocycles. The summed E-state index contributed by atoms with van der Waals surface area (Å²) in [5.74, 6) is 0.983. The Hall–Kier alpha value is -3.58. The summed E-state index contributed by atoms with van der Waals surface area (Å²) in [6.07, 6.45) is 7.25. The summed E-state index contributed by atoms with van der Waals surface area (Å²) in [5.41, 5.74) is 3.65. The minimum Gasteiger partial charge on any atom is -0.450 e. The molecule has 34 heavy (non-hydrogen) atoms. The van der Waals surface area contributed by atoms with E-state index in [1.54, 1.807) is 24.0 Å². The molecule has 1 aliphatic heterocycles. The Balaban J connectivity index is 1.73. The van der Waals surface area contributed by atoms with Crippen LogP contribution in [0.2, 0.25) is 0 Å². The van der Waals surface area contributed by atoms with E-state index in [9.17, 15) is 9.59 Å². The standard InChI is InChI=1S/C27H30N4O3/c1-17-6-5-7-18(2)24(17)34-25-21(22-16-30(4)26(32)23-20(22)8-12-28-23)11-15-31(27(25)33)19-9-13-29(3)14-10-19/h5-8,11-12,15-16,19,28H,9-10,13-14H2,1-4H3. The molecule has 1 aromatic carbocycles. The van der Waals surface area contributed by atoms with Gasteiger partial charge in [-0.25, -0.2) is 0 Å². The van der Waals surface area contributed by atoms with Gasteiger partial charge in [0.15, 0.2) is 0 Å². The first-order valence-electron chi connectivity index (χ1n) is 11.7. The van der Waals surface area contributed by atoms with Crippen LogP contribution in [0.3, 0.4) is 0 Å². The average molecular weight is 459 g/mol. The quantitative estimate of drug-likeness (QED) is 0.493. The Morgan fingerprint density at radius 3 is 2.32 bits per heavy atom. The van der Waals surface area contributed by atoms with Gasteiger partial charge in [0.2, 0.25) is 5.75 Å². The van der Waals surface area contributed by atoms with Gasteiger partial charge in [0.25, 0.3) is 11.1 Å². The Morgan fingerprint density at radius 2 is 1.62 bits per heavy atom. The molecule has 0 amide bonds. The number of aromatic nitrogens is 3. The molecular formula is C27H30N4O3. The second-order valence-corrected chi connectivity index (χ2v) is 9.35. The van der Waals surface area contributed by atoms with E-state index in [0.717, 1.165) is 48.0 Å². The lowest BCUT2D eigenvalue weighted by molar-refractivity contribution is 0.218. The van der Waals surface area contributed by atoms with E-state index in [2.05, 4.69) is 16.9 Å². The van der Waals surface area contributed by atoms with Crippen molar-refractivity contribution >= 4 is 10.9 Å². The molecule has 0 radical (unpaired) electrons. The Kier molecular flexibility index (Phi) is 5.65. The van der Waals surface area contributed by atoms with Crippen molar-refractivity contribution in [2.75, 3.05) is 20.1 Å². The highest BCUT2D eigenvalue weighted by atomic mass is 16.5. The predicted octanol–water partition coefficient (Wildman–Crippen LogP) is 4.37. The van der Waals surface area contributed by atoms with Crippen LogP contribution in [-0.4, -0.2) is 39.2 Å². The third-order valence-electron chi connectivity index (χ3n) is 6.95. The number of para-hydroxylation sites is 1. The van der Waals surface area contributed by atoms with E-state index in [4.69, 9.17) is 4.74 Å². The molecule has 1 aliphatic rings. The first-order chi connectivity index (χ1) is 16.3. The number of piperidine rings is 1. The first-order valence-corrected chi connectivity index (χ1v) is 11.7. The molecule has 7 heteroatoms. The van der Waals surface area contributed by atoms with Gasteiger partial charge in [0, 0.05) is 48.2 Å². The van der Waals surface area contributed by atoms with Gasteiger partial charge in [-0.2, -0.15) is 0 Å². The fourth-order valence-corrected chi connectivity index (χ4v) is 4.95. The van der Waals surface area contributed by atoms with E-state index in [-0.39, 0.29) is 17.2 Å². The maximum atomic E-state index is 13.9. The van der Waals surface area contributed by atoms with Crippen molar-refractivity contribution < 1.29 is 4.74 Å². The molecule has 3 aromatic heterocycles. The van der Waals surface area contributed by atoms with Gasteiger partial charge < -0.3 is 23.8 Å². The normalized spacial score (nSPS) is 15.2. The zero-order valence-electron chi connectivity index (χ0n) is 20.1. The van der Waals surface area contributed by atoms with Gasteiger partial charge in [-0.05, 0) is 70.1 Å². The van der Waals surface area contributed by atoms with Crippen LogP contribution in [-0.2, 0) is 7.05 Å². The summed E-state index contributed by atoms with van der Waals surface area (Å²) in [4.78, 5) is 31.9. The van der Waals surface area contributed by atoms with Crippen molar-refractivity contribution in [2.45, 2.75) is 32.7 Å². The summed E-state index contributed by atoms with van der Waals surface area (Å²) < 4.78 is 9.83. The molecule has 0 unspecified atom stereocenters.